The van der Waals surface area contributed by atoms with E-state index in [1.807, 2.05) is 37.3 Å². The number of nitrogens with one attached hydrogen (secondary N) is 1. The second-order valence-electron chi connectivity index (χ2n) is 10.6. The minimum atomic E-state index is -4.20. The maximum absolute atomic E-state index is 15.0. The summed E-state index contributed by atoms with van der Waals surface area (Å²) in [5.41, 5.74) is 2.01. The Balaban J connectivity index is 1.80. The largest absolute Gasteiger partial charge is 0.354 e. The van der Waals surface area contributed by atoms with Gasteiger partial charge in [0.05, 0.1) is 10.6 Å². The topological polar surface area (TPSA) is 86.8 Å². The van der Waals surface area contributed by atoms with E-state index in [2.05, 4.69) is 5.32 Å². The standard InChI is InChI=1S/C35H38FN3O4S/c1-3-4-23-37-35(41)33(24-28-16-7-5-8-17-28)38(25-29-18-12-13-21-31(29)36)34(40)26-39(32-22-14-11-15-27(32)2)44(42,43)30-19-9-6-10-20-30/h5-22,33H,3-4,23-26H2,1-2H3,(H,37,41)/t33-/m0/s1. The van der Waals surface area contributed by atoms with Crippen molar-refractivity contribution in [1.82, 2.24) is 10.2 Å². The van der Waals surface area contributed by atoms with Gasteiger partial charge in [-0.3, -0.25) is 13.9 Å². The Morgan fingerprint density at radius 2 is 1.45 bits per heavy atom. The maximum Gasteiger partial charge on any atom is 0.264 e. The first kappa shape index (κ1) is 32.4. The van der Waals surface area contributed by atoms with Gasteiger partial charge in [0.1, 0.15) is 18.4 Å². The van der Waals surface area contributed by atoms with Gasteiger partial charge in [0.2, 0.25) is 11.8 Å². The smallest absolute Gasteiger partial charge is 0.264 e. The molecule has 44 heavy (non-hydrogen) atoms. The van der Waals surface area contributed by atoms with Crippen LogP contribution < -0.4 is 9.62 Å². The number of hydrogen-bond acceptors (Lipinski definition) is 4. The van der Waals surface area contributed by atoms with Gasteiger partial charge >= 0.3 is 0 Å². The molecule has 0 saturated heterocycles. The van der Waals surface area contributed by atoms with Crippen molar-refractivity contribution in [3.8, 4) is 0 Å². The van der Waals surface area contributed by atoms with E-state index in [9.17, 15) is 22.4 Å². The fourth-order valence-corrected chi connectivity index (χ4v) is 6.45. The third-order valence-electron chi connectivity index (χ3n) is 7.39. The first-order valence-corrected chi connectivity index (χ1v) is 16.1. The summed E-state index contributed by atoms with van der Waals surface area (Å²) in [6, 6.07) is 29.1. The molecule has 4 rings (SSSR count). The molecule has 9 heteroatoms. The lowest BCUT2D eigenvalue weighted by Crippen LogP contribution is -2.53. The van der Waals surface area contributed by atoms with Crippen LogP contribution >= 0.6 is 0 Å². The van der Waals surface area contributed by atoms with Gasteiger partial charge in [-0.1, -0.05) is 98.3 Å². The molecule has 0 aromatic heterocycles. The first-order chi connectivity index (χ1) is 21.2. The number of para-hydroxylation sites is 1. The van der Waals surface area contributed by atoms with Crippen LogP contribution in [-0.2, 0) is 32.6 Å². The molecule has 2 amide bonds. The molecule has 0 spiro atoms. The molecule has 0 heterocycles. The number of sulfonamides is 1. The van der Waals surface area contributed by atoms with Crippen LogP contribution in [0.5, 0.6) is 0 Å². The normalized spacial score (nSPS) is 11.9. The minimum Gasteiger partial charge on any atom is -0.354 e. The molecule has 7 nitrogen and oxygen atoms in total. The van der Waals surface area contributed by atoms with Crippen LogP contribution in [0.3, 0.4) is 0 Å². The van der Waals surface area contributed by atoms with Crippen molar-refractivity contribution in [1.29, 1.82) is 0 Å². The highest BCUT2D eigenvalue weighted by atomic mass is 32.2. The lowest BCUT2D eigenvalue weighted by molar-refractivity contribution is -0.140. The van der Waals surface area contributed by atoms with Gasteiger partial charge in [-0.25, -0.2) is 12.8 Å². The summed E-state index contributed by atoms with van der Waals surface area (Å²) in [6.07, 6.45) is 1.78. The Labute approximate surface area is 259 Å². The van der Waals surface area contributed by atoms with Gasteiger partial charge in [-0.2, -0.15) is 0 Å². The molecule has 0 bridgehead atoms. The summed E-state index contributed by atoms with van der Waals surface area (Å²) in [5.74, 6) is -1.55. The highest BCUT2D eigenvalue weighted by Gasteiger charge is 2.35. The lowest BCUT2D eigenvalue weighted by atomic mass is 10.0. The van der Waals surface area contributed by atoms with Crippen molar-refractivity contribution >= 4 is 27.5 Å². The highest BCUT2D eigenvalue weighted by molar-refractivity contribution is 7.92. The summed E-state index contributed by atoms with van der Waals surface area (Å²) in [5, 5.41) is 2.93. The minimum absolute atomic E-state index is 0.0230. The van der Waals surface area contributed by atoms with E-state index in [1.165, 1.54) is 23.1 Å². The number of aryl methyl sites for hydroxylation is 1. The van der Waals surface area contributed by atoms with E-state index in [-0.39, 0.29) is 29.3 Å². The molecule has 0 unspecified atom stereocenters. The quantitative estimate of drug-likeness (QED) is 0.179. The molecule has 4 aromatic rings. The molecular formula is C35H38FN3O4S. The number of carbonyl (C=O) groups excluding carboxylic acids is 2. The van der Waals surface area contributed by atoms with Crippen LogP contribution in [0.2, 0.25) is 0 Å². The molecule has 0 aliphatic rings. The van der Waals surface area contributed by atoms with Crippen LogP contribution in [0.4, 0.5) is 10.1 Å². The van der Waals surface area contributed by atoms with E-state index in [4.69, 9.17) is 0 Å². The van der Waals surface area contributed by atoms with Gasteiger partial charge in [-0.15, -0.1) is 0 Å². The molecule has 0 aliphatic carbocycles. The van der Waals surface area contributed by atoms with E-state index in [0.29, 0.717) is 17.8 Å². The predicted octanol–water partition coefficient (Wildman–Crippen LogP) is 5.89. The SMILES string of the molecule is CCCCNC(=O)[C@H](Cc1ccccc1)N(Cc1ccccc1F)C(=O)CN(c1ccccc1C)S(=O)(=O)c1ccccc1. The zero-order valence-corrected chi connectivity index (χ0v) is 25.8. The lowest BCUT2D eigenvalue weighted by Gasteiger charge is -2.34. The molecule has 0 saturated carbocycles. The van der Waals surface area contributed by atoms with Gasteiger partial charge in [-0.05, 0) is 48.7 Å². The van der Waals surface area contributed by atoms with Gasteiger partial charge in [0.15, 0.2) is 0 Å². The average molecular weight is 616 g/mol. The maximum atomic E-state index is 15.0. The first-order valence-electron chi connectivity index (χ1n) is 14.7. The number of halogens is 1. The summed E-state index contributed by atoms with van der Waals surface area (Å²) >= 11 is 0. The van der Waals surface area contributed by atoms with Crippen LogP contribution in [0.25, 0.3) is 0 Å². The number of nitrogens with zero attached hydrogens (tertiary/aromatic N) is 2. The Bertz CT molecular complexity index is 1650. The van der Waals surface area contributed by atoms with Crippen LogP contribution in [0.15, 0.2) is 114 Å². The zero-order valence-electron chi connectivity index (χ0n) is 25.0. The molecule has 1 N–H and O–H groups in total. The molecule has 230 valence electrons. The van der Waals surface area contributed by atoms with Gasteiger partial charge < -0.3 is 10.2 Å². The van der Waals surface area contributed by atoms with Crippen molar-refractivity contribution < 1.29 is 22.4 Å². The van der Waals surface area contributed by atoms with E-state index < -0.39 is 34.3 Å². The van der Waals surface area contributed by atoms with Gasteiger partial charge in [0.25, 0.3) is 10.0 Å². The van der Waals surface area contributed by atoms with Crippen molar-refractivity contribution in [2.75, 3.05) is 17.4 Å². The number of hydrogen-bond donors (Lipinski definition) is 1. The second kappa shape index (κ2) is 15.3. The molecule has 4 aromatic carbocycles. The van der Waals surface area contributed by atoms with Crippen LogP contribution in [-0.4, -0.2) is 44.3 Å². The third kappa shape index (κ3) is 8.11. The average Bonchev–Trinajstić information content (AvgIpc) is 3.03. The van der Waals surface area contributed by atoms with Crippen molar-refractivity contribution in [3.05, 3.63) is 132 Å². The Hall–Kier alpha value is -4.50. The van der Waals surface area contributed by atoms with E-state index >= 15 is 0 Å². The molecule has 0 aliphatic heterocycles. The number of amides is 2. The van der Waals surface area contributed by atoms with E-state index in [1.54, 1.807) is 67.6 Å². The zero-order chi connectivity index (χ0) is 31.5. The Morgan fingerprint density at radius 1 is 0.841 bits per heavy atom. The number of unbranched alkanes of at least 4 members (excludes halogenated alkanes) is 1. The number of benzene rings is 4. The summed E-state index contributed by atoms with van der Waals surface area (Å²) < 4.78 is 44.2. The predicted molar refractivity (Wildman–Crippen MR) is 171 cm³/mol. The molecular weight excluding hydrogens is 577 g/mol. The van der Waals surface area contributed by atoms with E-state index in [0.717, 1.165) is 22.7 Å². The summed E-state index contributed by atoms with van der Waals surface area (Å²) in [4.78, 5) is 29.5. The number of rotatable bonds is 14. The van der Waals surface area contributed by atoms with Crippen LogP contribution in [0.1, 0.15) is 36.5 Å². The van der Waals surface area contributed by atoms with Gasteiger partial charge in [0, 0.05) is 25.1 Å². The number of carbonyl (C=O) groups is 2. The second-order valence-corrected chi connectivity index (χ2v) is 12.4. The fourth-order valence-electron chi connectivity index (χ4n) is 4.95. The highest BCUT2D eigenvalue weighted by Crippen LogP contribution is 2.27. The van der Waals surface area contributed by atoms with Crippen molar-refractivity contribution in [2.24, 2.45) is 0 Å². The summed E-state index contributed by atoms with van der Waals surface area (Å²) in [6.45, 7) is 3.38. The van der Waals surface area contributed by atoms with Crippen molar-refractivity contribution in [2.45, 2.75) is 50.6 Å². The summed E-state index contributed by atoms with van der Waals surface area (Å²) in [7, 11) is -4.20. The fraction of sp³-hybridized carbons (Fsp3) is 0.257. The Kier molecular flexibility index (Phi) is 11.3. The third-order valence-corrected chi connectivity index (χ3v) is 9.17. The Morgan fingerprint density at radius 3 is 2.11 bits per heavy atom. The van der Waals surface area contributed by atoms with Crippen molar-refractivity contribution in [3.63, 3.8) is 0 Å². The molecule has 0 radical (unpaired) electrons. The monoisotopic (exact) mass is 615 g/mol. The number of anilines is 1. The molecule has 1 atom stereocenters. The molecule has 0 fully saturated rings. The van der Waals surface area contributed by atoms with Crippen LogP contribution in [0, 0.1) is 12.7 Å².